The monoisotopic (exact) mass is 412 g/mol. The average Bonchev–Trinajstić information content (AvgIpc) is 2.51. The Morgan fingerprint density at radius 2 is 1.79 bits per heavy atom. The minimum atomic E-state index is -3.49. The highest BCUT2D eigenvalue weighted by atomic mass is 79.9. The minimum Gasteiger partial charge on any atom is -0.376 e. The van der Waals surface area contributed by atoms with E-state index in [2.05, 4.69) is 15.9 Å². The van der Waals surface area contributed by atoms with Crippen molar-refractivity contribution < 1.29 is 17.3 Å². The van der Waals surface area contributed by atoms with Gasteiger partial charge in [0.25, 0.3) is 10.1 Å². The Morgan fingerprint density at radius 3 is 2.42 bits per heavy atom. The van der Waals surface area contributed by atoms with Crippen molar-refractivity contribution >= 4 is 26.0 Å². The van der Waals surface area contributed by atoms with Crippen LogP contribution in [0.5, 0.6) is 0 Å². The fraction of sp³-hybridized carbons (Fsp3) is 0.333. The van der Waals surface area contributed by atoms with E-state index in [4.69, 9.17) is 8.92 Å². The summed E-state index contributed by atoms with van der Waals surface area (Å²) in [5, 5.41) is 0. The second kappa shape index (κ2) is 8.76. The SMILES string of the molecule is Cc1cc(Br)ccc1[C@H](COCc1ccccc1)COS(C)(=O)=O. The van der Waals surface area contributed by atoms with Gasteiger partial charge in [-0.3, -0.25) is 4.18 Å². The molecule has 0 fully saturated rings. The highest BCUT2D eigenvalue weighted by Gasteiger charge is 2.17. The van der Waals surface area contributed by atoms with E-state index in [0.717, 1.165) is 27.4 Å². The summed E-state index contributed by atoms with van der Waals surface area (Å²) < 4.78 is 34.5. The minimum absolute atomic E-state index is 0.0656. The molecule has 0 unspecified atom stereocenters. The van der Waals surface area contributed by atoms with Crippen LogP contribution >= 0.6 is 15.9 Å². The van der Waals surface area contributed by atoms with Gasteiger partial charge in [-0.05, 0) is 35.7 Å². The Morgan fingerprint density at radius 1 is 1.08 bits per heavy atom. The van der Waals surface area contributed by atoms with Crippen molar-refractivity contribution in [2.75, 3.05) is 19.5 Å². The Bertz CT molecular complexity index is 760. The van der Waals surface area contributed by atoms with E-state index in [9.17, 15) is 8.42 Å². The summed E-state index contributed by atoms with van der Waals surface area (Å²) in [7, 11) is -3.49. The highest BCUT2D eigenvalue weighted by Crippen LogP contribution is 2.25. The van der Waals surface area contributed by atoms with Crippen LogP contribution in [0.3, 0.4) is 0 Å². The number of hydrogen-bond donors (Lipinski definition) is 0. The lowest BCUT2D eigenvalue weighted by Crippen LogP contribution is -2.18. The standard InChI is InChI=1S/C18H21BrO4S/c1-14-10-17(19)8-9-18(14)16(13-23-24(2,20)21)12-22-11-15-6-4-3-5-7-15/h3-10,16H,11-13H2,1-2H3/t16-/m1/s1. The van der Waals surface area contributed by atoms with Crippen LogP contribution in [0.2, 0.25) is 0 Å². The first-order chi connectivity index (χ1) is 11.3. The smallest absolute Gasteiger partial charge is 0.264 e. The van der Waals surface area contributed by atoms with Gasteiger partial charge in [0.1, 0.15) is 0 Å². The number of aryl methyl sites for hydroxylation is 1. The van der Waals surface area contributed by atoms with Crippen LogP contribution in [0.1, 0.15) is 22.6 Å². The molecular weight excluding hydrogens is 392 g/mol. The Kier molecular flexibility index (Phi) is 6.98. The zero-order valence-electron chi connectivity index (χ0n) is 13.7. The van der Waals surface area contributed by atoms with Crippen molar-refractivity contribution in [2.45, 2.75) is 19.4 Å². The molecular formula is C18H21BrO4S. The molecule has 6 heteroatoms. The molecule has 2 rings (SSSR count). The van der Waals surface area contributed by atoms with E-state index in [-0.39, 0.29) is 12.5 Å². The molecule has 0 aliphatic carbocycles. The van der Waals surface area contributed by atoms with Crippen LogP contribution in [0.4, 0.5) is 0 Å². The van der Waals surface area contributed by atoms with Crippen LogP contribution in [-0.2, 0) is 25.6 Å². The second-order valence-corrected chi connectivity index (χ2v) is 8.25. The molecule has 24 heavy (non-hydrogen) atoms. The van der Waals surface area contributed by atoms with Crippen LogP contribution in [0, 0.1) is 6.92 Å². The number of hydrogen-bond acceptors (Lipinski definition) is 4. The van der Waals surface area contributed by atoms with Gasteiger partial charge < -0.3 is 4.74 Å². The third kappa shape index (κ3) is 6.36. The molecule has 0 bridgehead atoms. The lowest BCUT2D eigenvalue weighted by Gasteiger charge is -2.19. The lowest BCUT2D eigenvalue weighted by atomic mass is 9.96. The Balaban J connectivity index is 2.07. The predicted molar refractivity (Wildman–Crippen MR) is 98.5 cm³/mol. The van der Waals surface area contributed by atoms with Crippen LogP contribution < -0.4 is 0 Å². The normalized spacial score (nSPS) is 13.0. The molecule has 0 aliphatic heterocycles. The van der Waals surface area contributed by atoms with Crippen molar-refractivity contribution in [3.63, 3.8) is 0 Å². The van der Waals surface area contributed by atoms with E-state index < -0.39 is 10.1 Å². The number of benzene rings is 2. The maximum atomic E-state index is 11.3. The molecule has 0 heterocycles. The summed E-state index contributed by atoms with van der Waals surface area (Å²) in [4.78, 5) is 0. The van der Waals surface area contributed by atoms with Crippen LogP contribution in [-0.4, -0.2) is 27.9 Å². The van der Waals surface area contributed by atoms with Crippen molar-refractivity contribution in [3.8, 4) is 0 Å². The number of rotatable bonds is 8. The zero-order valence-corrected chi connectivity index (χ0v) is 16.1. The van der Waals surface area contributed by atoms with Gasteiger partial charge in [-0.2, -0.15) is 8.42 Å². The van der Waals surface area contributed by atoms with Gasteiger partial charge in [-0.1, -0.05) is 52.3 Å². The summed E-state index contributed by atoms with van der Waals surface area (Å²) in [5.74, 6) is -0.156. The van der Waals surface area contributed by atoms with Gasteiger partial charge in [-0.25, -0.2) is 0 Å². The topological polar surface area (TPSA) is 52.6 Å². The summed E-state index contributed by atoms with van der Waals surface area (Å²) in [5.41, 5.74) is 3.16. The predicted octanol–water partition coefficient (Wildman–Crippen LogP) is 4.03. The van der Waals surface area contributed by atoms with E-state index in [1.165, 1.54) is 0 Å². The maximum Gasteiger partial charge on any atom is 0.264 e. The highest BCUT2D eigenvalue weighted by molar-refractivity contribution is 9.10. The second-order valence-electron chi connectivity index (χ2n) is 5.69. The molecule has 0 N–H and O–H groups in total. The van der Waals surface area contributed by atoms with Crippen LogP contribution in [0.15, 0.2) is 53.0 Å². The average molecular weight is 413 g/mol. The van der Waals surface area contributed by atoms with E-state index in [1.807, 2.05) is 55.5 Å². The van der Waals surface area contributed by atoms with Crippen molar-refractivity contribution in [1.82, 2.24) is 0 Å². The summed E-state index contributed by atoms with van der Waals surface area (Å²) in [6, 6.07) is 15.8. The first kappa shape index (κ1) is 19.1. The van der Waals surface area contributed by atoms with E-state index in [1.54, 1.807) is 0 Å². The summed E-state index contributed by atoms with van der Waals surface area (Å²) >= 11 is 3.44. The van der Waals surface area contributed by atoms with Gasteiger partial charge >= 0.3 is 0 Å². The van der Waals surface area contributed by atoms with E-state index in [0.29, 0.717) is 13.2 Å². The third-order valence-electron chi connectivity index (χ3n) is 3.59. The fourth-order valence-corrected chi connectivity index (χ4v) is 3.31. The van der Waals surface area contributed by atoms with E-state index >= 15 is 0 Å². The Hall–Kier alpha value is -1.21. The molecule has 0 spiro atoms. The first-order valence-corrected chi connectivity index (χ1v) is 10.2. The zero-order chi connectivity index (χ0) is 17.6. The molecule has 0 aliphatic rings. The van der Waals surface area contributed by atoms with Gasteiger partial charge in [0.15, 0.2) is 0 Å². The summed E-state index contributed by atoms with van der Waals surface area (Å²) in [6.07, 6.45) is 1.06. The van der Waals surface area contributed by atoms with Crippen LogP contribution in [0.25, 0.3) is 0 Å². The fourth-order valence-electron chi connectivity index (χ4n) is 2.42. The summed E-state index contributed by atoms with van der Waals surface area (Å²) in [6.45, 7) is 2.92. The number of halogens is 1. The third-order valence-corrected chi connectivity index (χ3v) is 4.64. The van der Waals surface area contributed by atoms with Gasteiger partial charge in [0, 0.05) is 10.4 Å². The molecule has 0 aromatic heterocycles. The van der Waals surface area contributed by atoms with Crippen molar-refractivity contribution in [1.29, 1.82) is 0 Å². The molecule has 1 atom stereocenters. The molecule has 2 aromatic rings. The Labute approximate surface area is 152 Å². The lowest BCUT2D eigenvalue weighted by molar-refractivity contribution is 0.0929. The maximum absolute atomic E-state index is 11.3. The first-order valence-electron chi connectivity index (χ1n) is 7.57. The van der Waals surface area contributed by atoms with Gasteiger partial charge in [0.2, 0.25) is 0 Å². The molecule has 2 aromatic carbocycles. The molecule has 0 radical (unpaired) electrons. The number of ether oxygens (including phenoxy) is 1. The van der Waals surface area contributed by atoms with Gasteiger partial charge in [0.05, 0.1) is 26.1 Å². The molecule has 130 valence electrons. The largest absolute Gasteiger partial charge is 0.376 e. The van der Waals surface area contributed by atoms with Gasteiger partial charge in [-0.15, -0.1) is 0 Å². The molecule has 0 amide bonds. The van der Waals surface area contributed by atoms with Crippen molar-refractivity contribution in [3.05, 3.63) is 69.7 Å². The molecule has 0 saturated carbocycles. The molecule has 4 nitrogen and oxygen atoms in total. The van der Waals surface area contributed by atoms with Crippen molar-refractivity contribution in [2.24, 2.45) is 0 Å². The molecule has 0 saturated heterocycles. The quantitative estimate of drug-likeness (QED) is 0.614.